The molecule has 2 unspecified atom stereocenters. The molecule has 0 spiro atoms. The Labute approximate surface area is 162 Å². The first-order valence-corrected chi connectivity index (χ1v) is 9.29. The van der Waals surface area contributed by atoms with Crippen LogP contribution in [0.15, 0.2) is 30.3 Å². The molecule has 2 heterocycles. The molecule has 28 heavy (non-hydrogen) atoms. The molecular formula is C20H24N4O4. The van der Waals surface area contributed by atoms with Gasteiger partial charge in [-0.25, -0.2) is 0 Å². The number of rotatable bonds is 7. The summed E-state index contributed by atoms with van der Waals surface area (Å²) >= 11 is 0. The van der Waals surface area contributed by atoms with Crippen LogP contribution in [-0.2, 0) is 21.4 Å². The lowest BCUT2D eigenvalue weighted by Crippen LogP contribution is -2.49. The molecule has 1 aromatic carbocycles. The highest BCUT2D eigenvalue weighted by molar-refractivity contribution is 6.00. The molecule has 0 bridgehead atoms. The molecule has 1 fully saturated rings. The van der Waals surface area contributed by atoms with E-state index in [0.717, 1.165) is 10.9 Å². The van der Waals surface area contributed by atoms with Crippen molar-refractivity contribution in [2.24, 2.45) is 13.0 Å². The smallest absolute Gasteiger partial charge is 0.268 e. The van der Waals surface area contributed by atoms with Gasteiger partial charge in [-0.15, -0.1) is 0 Å². The highest BCUT2D eigenvalue weighted by Gasteiger charge is 2.29. The van der Waals surface area contributed by atoms with E-state index in [9.17, 15) is 19.2 Å². The number of amides is 3. The van der Waals surface area contributed by atoms with Crippen molar-refractivity contribution < 1.29 is 19.2 Å². The fraction of sp³-hybridized carbons (Fsp3) is 0.400. The fourth-order valence-corrected chi connectivity index (χ4v) is 3.48. The summed E-state index contributed by atoms with van der Waals surface area (Å²) < 4.78 is 1.77. The zero-order valence-electron chi connectivity index (χ0n) is 15.9. The van der Waals surface area contributed by atoms with E-state index in [1.165, 1.54) is 0 Å². The fourth-order valence-electron chi connectivity index (χ4n) is 3.48. The van der Waals surface area contributed by atoms with E-state index in [4.69, 9.17) is 0 Å². The maximum atomic E-state index is 12.6. The molecule has 3 N–H and O–H groups in total. The lowest BCUT2D eigenvalue weighted by atomic mass is 9.99. The minimum atomic E-state index is -0.828. The Balaban J connectivity index is 1.60. The summed E-state index contributed by atoms with van der Waals surface area (Å²) in [7, 11) is 1.79. The van der Waals surface area contributed by atoms with Crippen molar-refractivity contribution >= 4 is 34.9 Å². The average molecular weight is 384 g/mol. The second-order valence-electron chi connectivity index (χ2n) is 7.11. The molecule has 0 aliphatic carbocycles. The van der Waals surface area contributed by atoms with Crippen LogP contribution in [0.2, 0.25) is 0 Å². The molecule has 0 radical (unpaired) electrons. The molecule has 8 nitrogen and oxygen atoms in total. The van der Waals surface area contributed by atoms with Crippen molar-refractivity contribution in [2.75, 3.05) is 6.54 Å². The average Bonchev–Trinajstić information content (AvgIpc) is 3.24. The number of aromatic nitrogens is 1. The van der Waals surface area contributed by atoms with Crippen LogP contribution in [0.25, 0.3) is 10.9 Å². The molecule has 3 atom stereocenters. The van der Waals surface area contributed by atoms with Crippen molar-refractivity contribution in [2.45, 2.75) is 31.8 Å². The number of nitrogens with one attached hydrogen (secondary N) is 3. The Hall–Kier alpha value is -3.16. The van der Waals surface area contributed by atoms with E-state index in [1.807, 2.05) is 24.3 Å². The third-order valence-electron chi connectivity index (χ3n) is 5.12. The van der Waals surface area contributed by atoms with Crippen LogP contribution in [0.4, 0.5) is 0 Å². The van der Waals surface area contributed by atoms with Crippen molar-refractivity contribution in [1.82, 2.24) is 20.5 Å². The van der Waals surface area contributed by atoms with Gasteiger partial charge in [-0.05, 0) is 31.9 Å². The Morgan fingerprint density at radius 2 is 2.07 bits per heavy atom. The van der Waals surface area contributed by atoms with Gasteiger partial charge in [0.15, 0.2) is 0 Å². The largest absolute Gasteiger partial charge is 0.356 e. The van der Waals surface area contributed by atoms with E-state index in [2.05, 4.69) is 16.0 Å². The van der Waals surface area contributed by atoms with Crippen LogP contribution in [0.1, 0.15) is 30.3 Å². The number of fused-ring (bicyclic) bond motifs is 1. The molecule has 0 saturated carbocycles. The normalized spacial score (nSPS) is 18.4. The predicted molar refractivity (Wildman–Crippen MR) is 104 cm³/mol. The van der Waals surface area contributed by atoms with Crippen LogP contribution in [0.5, 0.6) is 0 Å². The van der Waals surface area contributed by atoms with E-state index in [1.54, 1.807) is 24.6 Å². The predicted octanol–water partition coefficient (Wildman–Crippen LogP) is 0.506. The minimum absolute atomic E-state index is 0.0989. The van der Waals surface area contributed by atoms with Crippen molar-refractivity contribution in [1.29, 1.82) is 0 Å². The highest BCUT2D eigenvalue weighted by Crippen LogP contribution is 2.18. The van der Waals surface area contributed by atoms with E-state index in [-0.39, 0.29) is 24.2 Å². The molecule has 8 heteroatoms. The van der Waals surface area contributed by atoms with Crippen molar-refractivity contribution in [3.8, 4) is 0 Å². The highest BCUT2D eigenvalue weighted by atomic mass is 16.2. The Kier molecular flexibility index (Phi) is 5.77. The first kappa shape index (κ1) is 19.6. The third-order valence-corrected chi connectivity index (χ3v) is 5.12. The molecule has 1 aliphatic rings. The van der Waals surface area contributed by atoms with Gasteiger partial charge in [-0.3, -0.25) is 14.4 Å². The lowest BCUT2D eigenvalue weighted by molar-refractivity contribution is -0.127. The number of aryl methyl sites for hydroxylation is 1. The minimum Gasteiger partial charge on any atom is -0.356 e. The standard InChI is InChI=1S/C20H24N4O4/c1-12(18(26)23-15(11-25)9-14-7-8-21-19(14)27)22-20(28)17-10-13-5-3-4-6-16(13)24(17)2/h3-6,10-12,14-15H,7-9H2,1-2H3,(H,21,27)(H,22,28)(H,23,26)/t12-,14?,15?/m0/s1. The number of para-hydroxylation sites is 1. The SMILES string of the molecule is C[C@H](NC(=O)c1cc2ccccc2n1C)C(=O)NC(C=O)CC1CCNC1=O. The summed E-state index contributed by atoms with van der Waals surface area (Å²) in [5.41, 5.74) is 1.36. The molecular weight excluding hydrogens is 360 g/mol. The second-order valence-corrected chi connectivity index (χ2v) is 7.11. The number of hydrogen-bond acceptors (Lipinski definition) is 4. The van der Waals surface area contributed by atoms with Gasteiger partial charge in [0, 0.05) is 30.4 Å². The summed E-state index contributed by atoms with van der Waals surface area (Å²) in [6.07, 6.45) is 1.53. The summed E-state index contributed by atoms with van der Waals surface area (Å²) in [4.78, 5) is 48.0. The maximum Gasteiger partial charge on any atom is 0.268 e. The number of nitrogens with zero attached hydrogens (tertiary/aromatic N) is 1. The number of carbonyl (C=O) groups excluding carboxylic acids is 4. The Morgan fingerprint density at radius 3 is 2.71 bits per heavy atom. The quantitative estimate of drug-likeness (QED) is 0.604. The Bertz CT molecular complexity index is 920. The zero-order chi connectivity index (χ0) is 20.3. The van der Waals surface area contributed by atoms with Gasteiger partial charge in [-0.1, -0.05) is 18.2 Å². The molecule has 3 amide bonds. The topological polar surface area (TPSA) is 109 Å². The maximum absolute atomic E-state index is 12.6. The number of carbonyl (C=O) groups is 4. The van der Waals surface area contributed by atoms with Crippen LogP contribution in [0, 0.1) is 5.92 Å². The summed E-state index contributed by atoms with van der Waals surface area (Å²) in [5, 5.41) is 8.91. The molecule has 148 valence electrons. The van der Waals surface area contributed by atoms with Gasteiger partial charge < -0.3 is 25.3 Å². The van der Waals surface area contributed by atoms with Crippen LogP contribution in [-0.4, -0.2) is 47.2 Å². The van der Waals surface area contributed by atoms with Gasteiger partial charge in [-0.2, -0.15) is 0 Å². The molecule has 3 rings (SSSR count). The zero-order valence-corrected chi connectivity index (χ0v) is 15.9. The summed E-state index contributed by atoms with van der Waals surface area (Å²) in [5.74, 6) is -1.23. The first-order valence-electron chi connectivity index (χ1n) is 9.29. The number of hydrogen-bond donors (Lipinski definition) is 3. The van der Waals surface area contributed by atoms with Gasteiger partial charge >= 0.3 is 0 Å². The molecule has 2 aromatic rings. The van der Waals surface area contributed by atoms with Crippen LogP contribution in [0.3, 0.4) is 0 Å². The molecule has 1 saturated heterocycles. The molecule has 1 aliphatic heterocycles. The lowest BCUT2D eigenvalue weighted by Gasteiger charge is -2.19. The monoisotopic (exact) mass is 384 g/mol. The van der Waals surface area contributed by atoms with Crippen LogP contribution < -0.4 is 16.0 Å². The Morgan fingerprint density at radius 1 is 1.32 bits per heavy atom. The molecule has 1 aromatic heterocycles. The van der Waals surface area contributed by atoms with E-state index in [0.29, 0.717) is 24.9 Å². The van der Waals surface area contributed by atoms with Gasteiger partial charge in [0.1, 0.15) is 18.0 Å². The van der Waals surface area contributed by atoms with Gasteiger partial charge in [0.25, 0.3) is 5.91 Å². The first-order chi connectivity index (χ1) is 13.4. The van der Waals surface area contributed by atoms with Gasteiger partial charge in [0.2, 0.25) is 11.8 Å². The summed E-state index contributed by atoms with van der Waals surface area (Å²) in [6.45, 7) is 2.14. The third kappa shape index (κ3) is 4.05. The van der Waals surface area contributed by atoms with Crippen molar-refractivity contribution in [3.05, 3.63) is 36.0 Å². The second kappa shape index (κ2) is 8.24. The summed E-state index contributed by atoms with van der Waals surface area (Å²) in [6, 6.07) is 7.78. The number of benzene rings is 1. The van der Waals surface area contributed by atoms with E-state index >= 15 is 0 Å². The van der Waals surface area contributed by atoms with Crippen molar-refractivity contribution in [3.63, 3.8) is 0 Å². The number of aldehydes is 1. The van der Waals surface area contributed by atoms with Crippen LogP contribution >= 0.6 is 0 Å². The van der Waals surface area contributed by atoms with E-state index < -0.39 is 18.0 Å². The van der Waals surface area contributed by atoms with Gasteiger partial charge in [0.05, 0.1) is 6.04 Å².